The van der Waals surface area contributed by atoms with E-state index in [4.69, 9.17) is 5.73 Å². The fourth-order valence-electron chi connectivity index (χ4n) is 2.47. The quantitative estimate of drug-likeness (QED) is 0.738. The van der Waals surface area contributed by atoms with Crippen LogP contribution in [0.15, 0.2) is 18.3 Å². The number of hydrogen-bond acceptors (Lipinski definition) is 2. The number of rotatable bonds is 1. The monoisotopic (exact) mass is 190 g/mol. The standard InChI is InChI=1S/C12H18N2/c1-9-4-3-6-12(9,13)11-5-7-14-10(2)8-11/h5,7-9H,3-4,6,13H2,1-2H3. The van der Waals surface area contributed by atoms with Gasteiger partial charge in [-0.3, -0.25) is 4.98 Å². The number of aryl methyl sites for hydroxylation is 1. The number of nitrogens with zero attached hydrogens (tertiary/aromatic N) is 1. The van der Waals surface area contributed by atoms with Crippen molar-refractivity contribution in [3.05, 3.63) is 29.6 Å². The zero-order chi connectivity index (χ0) is 10.2. The van der Waals surface area contributed by atoms with Crippen molar-refractivity contribution < 1.29 is 0 Å². The molecule has 1 fully saturated rings. The van der Waals surface area contributed by atoms with Gasteiger partial charge in [0.15, 0.2) is 0 Å². The first-order chi connectivity index (χ1) is 6.63. The molecule has 1 saturated carbocycles. The van der Waals surface area contributed by atoms with Crippen LogP contribution in [0.1, 0.15) is 37.4 Å². The van der Waals surface area contributed by atoms with Crippen molar-refractivity contribution in [1.29, 1.82) is 0 Å². The molecule has 1 aliphatic carbocycles. The Morgan fingerprint density at radius 3 is 2.93 bits per heavy atom. The molecular formula is C12H18N2. The Morgan fingerprint density at radius 1 is 1.57 bits per heavy atom. The van der Waals surface area contributed by atoms with Gasteiger partial charge in [0.25, 0.3) is 0 Å². The highest BCUT2D eigenvalue weighted by molar-refractivity contribution is 5.26. The molecule has 2 heteroatoms. The van der Waals surface area contributed by atoms with Crippen molar-refractivity contribution in [2.45, 2.75) is 38.6 Å². The topological polar surface area (TPSA) is 38.9 Å². The average Bonchev–Trinajstić information content (AvgIpc) is 2.49. The number of hydrogen-bond donors (Lipinski definition) is 1. The minimum absolute atomic E-state index is 0.103. The molecule has 1 aromatic rings. The maximum atomic E-state index is 6.46. The summed E-state index contributed by atoms with van der Waals surface area (Å²) >= 11 is 0. The van der Waals surface area contributed by atoms with Gasteiger partial charge in [0, 0.05) is 17.4 Å². The minimum atomic E-state index is -0.103. The van der Waals surface area contributed by atoms with Gasteiger partial charge in [-0.15, -0.1) is 0 Å². The van der Waals surface area contributed by atoms with E-state index < -0.39 is 0 Å². The second-order valence-electron chi connectivity index (χ2n) is 4.52. The first-order valence-electron chi connectivity index (χ1n) is 5.35. The third-order valence-corrected chi connectivity index (χ3v) is 3.54. The molecular weight excluding hydrogens is 172 g/mol. The summed E-state index contributed by atoms with van der Waals surface area (Å²) in [5.74, 6) is 0.587. The lowest BCUT2D eigenvalue weighted by molar-refractivity contribution is 0.349. The zero-order valence-corrected chi connectivity index (χ0v) is 8.96. The summed E-state index contributed by atoms with van der Waals surface area (Å²) in [6.45, 7) is 4.27. The largest absolute Gasteiger partial charge is 0.321 e. The van der Waals surface area contributed by atoms with E-state index in [1.54, 1.807) is 0 Å². The smallest absolute Gasteiger partial charge is 0.0436 e. The van der Waals surface area contributed by atoms with Crippen LogP contribution < -0.4 is 5.73 Å². The Morgan fingerprint density at radius 2 is 2.36 bits per heavy atom. The van der Waals surface area contributed by atoms with Crippen LogP contribution in [0.5, 0.6) is 0 Å². The Labute approximate surface area is 85.5 Å². The Kier molecular flexibility index (Phi) is 2.31. The molecule has 2 atom stereocenters. The molecule has 2 rings (SSSR count). The molecule has 1 aromatic heterocycles. The first-order valence-corrected chi connectivity index (χ1v) is 5.35. The fourth-order valence-corrected chi connectivity index (χ4v) is 2.47. The molecule has 0 saturated heterocycles. The van der Waals surface area contributed by atoms with E-state index >= 15 is 0 Å². The van der Waals surface area contributed by atoms with Gasteiger partial charge >= 0.3 is 0 Å². The molecule has 2 nitrogen and oxygen atoms in total. The van der Waals surface area contributed by atoms with Gasteiger partial charge in [0.2, 0.25) is 0 Å². The van der Waals surface area contributed by atoms with Gasteiger partial charge in [0.05, 0.1) is 0 Å². The second kappa shape index (κ2) is 3.35. The van der Waals surface area contributed by atoms with Crippen LogP contribution in [0, 0.1) is 12.8 Å². The molecule has 2 unspecified atom stereocenters. The maximum absolute atomic E-state index is 6.46. The van der Waals surface area contributed by atoms with Crippen molar-refractivity contribution in [2.75, 3.05) is 0 Å². The molecule has 1 heterocycles. The number of aromatic nitrogens is 1. The lowest BCUT2D eigenvalue weighted by Gasteiger charge is -2.29. The van der Waals surface area contributed by atoms with Crippen LogP contribution >= 0.6 is 0 Å². The van der Waals surface area contributed by atoms with Crippen molar-refractivity contribution in [1.82, 2.24) is 4.98 Å². The Hall–Kier alpha value is -0.890. The van der Waals surface area contributed by atoms with E-state index in [9.17, 15) is 0 Å². The van der Waals surface area contributed by atoms with E-state index in [2.05, 4.69) is 24.0 Å². The molecule has 0 aromatic carbocycles. The van der Waals surface area contributed by atoms with Crippen molar-refractivity contribution in [3.63, 3.8) is 0 Å². The molecule has 0 radical (unpaired) electrons. The van der Waals surface area contributed by atoms with Gasteiger partial charge in [0.1, 0.15) is 0 Å². The molecule has 0 spiro atoms. The molecule has 76 valence electrons. The van der Waals surface area contributed by atoms with E-state index in [-0.39, 0.29) is 5.54 Å². The second-order valence-corrected chi connectivity index (χ2v) is 4.52. The predicted molar refractivity (Wildman–Crippen MR) is 57.9 cm³/mol. The summed E-state index contributed by atoms with van der Waals surface area (Å²) in [6.07, 6.45) is 5.47. The van der Waals surface area contributed by atoms with E-state index in [1.165, 1.54) is 18.4 Å². The third-order valence-electron chi connectivity index (χ3n) is 3.54. The third kappa shape index (κ3) is 1.44. The lowest BCUT2D eigenvalue weighted by Crippen LogP contribution is -2.39. The van der Waals surface area contributed by atoms with Crippen LogP contribution in [0.4, 0.5) is 0 Å². The summed E-state index contributed by atoms with van der Waals surface area (Å²) in [5, 5.41) is 0. The summed E-state index contributed by atoms with van der Waals surface area (Å²) in [4.78, 5) is 4.21. The van der Waals surface area contributed by atoms with Gasteiger partial charge in [-0.05, 0) is 43.4 Å². The van der Waals surface area contributed by atoms with Gasteiger partial charge in [-0.25, -0.2) is 0 Å². The highest BCUT2D eigenvalue weighted by Gasteiger charge is 2.37. The normalized spacial score (nSPS) is 32.1. The Balaban J connectivity index is 2.38. The van der Waals surface area contributed by atoms with Gasteiger partial charge in [-0.1, -0.05) is 13.3 Å². The van der Waals surface area contributed by atoms with E-state index in [1.807, 2.05) is 13.1 Å². The van der Waals surface area contributed by atoms with E-state index in [0.717, 1.165) is 12.1 Å². The molecule has 1 aliphatic rings. The Bertz CT molecular complexity index is 335. The molecule has 0 aliphatic heterocycles. The summed E-state index contributed by atoms with van der Waals surface area (Å²) in [5.41, 5.74) is 8.68. The minimum Gasteiger partial charge on any atom is -0.321 e. The highest BCUT2D eigenvalue weighted by Crippen LogP contribution is 2.40. The van der Waals surface area contributed by atoms with Crippen LogP contribution in [0.2, 0.25) is 0 Å². The molecule has 2 N–H and O–H groups in total. The van der Waals surface area contributed by atoms with Crippen LogP contribution in [0.25, 0.3) is 0 Å². The zero-order valence-electron chi connectivity index (χ0n) is 8.96. The van der Waals surface area contributed by atoms with Crippen LogP contribution in [-0.4, -0.2) is 4.98 Å². The molecule has 0 bridgehead atoms. The molecule has 14 heavy (non-hydrogen) atoms. The summed E-state index contributed by atoms with van der Waals surface area (Å²) in [6, 6.07) is 4.19. The summed E-state index contributed by atoms with van der Waals surface area (Å²) < 4.78 is 0. The summed E-state index contributed by atoms with van der Waals surface area (Å²) in [7, 11) is 0. The van der Waals surface area contributed by atoms with Gasteiger partial charge in [-0.2, -0.15) is 0 Å². The SMILES string of the molecule is Cc1cc(C2(N)CCCC2C)ccn1. The van der Waals surface area contributed by atoms with Crippen LogP contribution in [0.3, 0.4) is 0 Å². The number of pyridine rings is 1. The number of nitrogens with two attached hydrogens (primary N) is 1. The van der Waals surface area contributed by atoms with E-state index in [0.29, 0.717) is 5.92 Å². The first kappa shape index (κ1) is 9.66. The van der Waals surface area contributed by atoms with Crippen molar-refractivity contribution in [2.24, 2.45) is 11.7 Å². The highest BCUT2D eigenvalue weighted by atomic mass is 14.8. The van der Waals surface area contributed by atoms with Crippen molar-refractivity contribution in [3.8, 4) is 0 Å². The lowest BCUT2D eigenvalue weighted by atomic mass is 9.83. The fraction of sp³-hybridized carbons (Fsp3) is 0.583. The predicted octanol–water partition coefficient (Wildman–Crippen LogP) is 2.36. The average molecular weight is 190 g/mol. The maximum Gasteiger partial charge on any atom is 0.0436 e. The van der Waals surface area contributed by atoms with Crippen molar-refractivity contribution >= 4 is 0 Å². The van der Waals surface area contributed by atoms with Crippen LogP contribution in [-0.2, 0) is 5.54 Å². The van der Waals surface area contributed by atoms with Gasteiger partial charge < -0.3 is 5.73 Å². The molecule has 0 amide bonds.